The summed E-state index contributed by atoms with van der Waals surface area (Å²) in [6.07, 6.45) is 7.17. The van der Waals surface area contributed by atoms with Gasteiger partial charge < -0.3 is 5.11 Å². The highest BCUT2D eigenvalue weighted by molar-refractivity contribution is 8.00. The Labute approximate surface area is 153 Å². The average Bonchev–Trinajstić information content (AvgIpc) is 2.88. The molecule has 0 radical (unpaired) electrons. The summed E-state index contributed by atoms with van der Waals surface area (Å²) in [5, 5.41) is 10.5. The van der Waals surface area contributed by atoms with Gasteiger partial charge in [0.05, 0.1) is 11.4 Å². The fourth-order valence-corrected chi connectivity index (χ4v) is 8.78. The molecule has 138 valence electrons. The topological polar surface area (TPSA) is 71.4 Å². The Morgan fingerprint density at radius 1 is 1.08 bits per heavy atom. The van der Waals surface area contributed by atoms with Crippen LogP contribution >= 0.6 is 11.8 Å². The maximum absolute atomic E-state index is 13.6. The molecule has 0 saturated heterocycles. The summed E-state index contributed by atoms with van der Waals surface area (Å²) in [5.74, 6) is 1.18. The standard InChI is InChI=1S/C20H28O4S/c1-18-10-17(24)20(25-2)15(14(18)5-6-16(18)23)4-3-12-9-13(22)7-8-19(12,20)11-21/h12,14-15,21H,3-11H2,1-2H3/t12?,14-,15-,18-,19+,20-/m0/s1. The van der Waals surface area contributed by atoms with Gasteiger partial charge in [-0.15, -0.1) is 11.8 Å². The minimum Gasteiger partial charge on any atom is -0.396 e. The van der Waals surface area contributed by atoms with Gasteiger partial charge in [-0.1, -0.05) is 6.92 Å². The Balaban J connectivity index is 1.86. The number of hydrogen-bond acceptors (Lipinski definition) is 5. The lowest BCUT2D eigenvalue weighted by Crippen LogP contribution is -2.70. The van der Waals surface area contributed by atoms with Crippen molar-refractivity contribution >= 4 is 29.1 Å². The van der Waals surface area contributed by atoms with Gasteiger partial charge in [0.25, 0.3) is 0 Å². The molecule has 25 heavy (non-hydrogen) atoms. The fourth-order valence-electron chi connectivity index (χ4n) is 7.16. The summed E-state index contributed by atoms with van der Waals surface area (Å²) >= 11 is 1.61. The summed E-state index contributed by atoms with van der Waals surface area (Å²) in [7, 11) is 0. The van der Waals surface area contributed by atoms with E-state index < -0.39 is 15.6 Å². The van der Waals surface area contributed by atoms with Crippen LogP contribution in [0.15, 0.2) is 0 Å². The molecule has 4 saturated carbocycles. The van der Waals surface area contributed by atoms with Gasteiger partial charge in [-0.3, -0.25) is 14.4 Å². The summed E-state index contributed by atoms with van der Waals surface area (Å²) < 4.78 is -0.625. The van der Waals surface area contributed by atoms with Gasteiger partial charge in [-0.05, 0) is 49.7 Å². The van der Waals surface area contributed by atoms with Crippen LogP contribution < -0.4 is 0 Å². The van der Waals surface area contributed by atoms with Crippen molar-refractivity contribution in [2.45, 2.75) is 63.0 Å². The summed E-state index contributed by atoms with van der Waals surface area (Å²) in [5.41, 5.74) is -0.998. The first-order chi connectivity index (χ1) is 11.9. The highest BCUT2D eigenvalue weighted by Crippen LogP contribution is 2.69. The molecule has 0 aromatic rings. The first kappa shape index (κ1) is 17.7. The molecule has 0 amide bonds. The minimum absolute atomic E-state index is 0.0224. The van der Waals surface area contributed by atoms with Crippen molar-refractivity contribution in [1.29, 1.82) is 0 Å². The van der Waals surface area contributed by atoms with Crippen LogP contribution in [0.25, 0.3) is 0 Å². The second-order valence-electron chi connectivity index (χ2n) is 8.96. The van der Waals surface area contributed by atoms with Gasteiger partial charge in [-0.25, -0.2) is 0 Å². The summed E-state index contributed by atoms with van der Waals surface area (Å²) in [6, 6.07) is 0. The molecule has 1 N–H and O–H groups in total. The maximum Gasteiger partial charge on any atom is 0.150 e. The lowest BCUT2D eigenvalue weighted by atomic mass is 9.44. The van der Waals surface area contributed by atoms with Gasteiger partial charge in [0, 0.05) is 36.5 Å². The quantitative estimate of drug-likeness (QED) is 0.816. The molecule has 5 heteroatoms. The van der Waals surface area contributed by atoms with Crippen molar-refractivity contribution in [3.63, 3.8) is 0 Å². The van der Waals surface area contributed by atoms with E-state index in [1.165, 1.54) is 0 Å². The van der Waals surface area contributed by atoms with E-state index in [1.807, 2.05) is 13.2 Å². The molecule has 0 spiro atoms. The average molecular weight is 365 g/mol. The molecule has 4 fully saturated rings. The first-order valence-corrected chi connectivity index (χ1v) is 10.8. The van der Waals surface area contributed by atoms with E-state index >= 15 is 0 Å². The smallest absolute Gasteiger partial charge is 0.150 e. The van der Waals surface area contributed by atoms with Crippen LogP contribution in [0, 0.1) is 28.6 Å². The van der Waals surface area contributed by atoms with Crippen LogP contribution in [0.3, 0.4) is 0 Å². The molecule has 0 heterocycles. The van der Waals surface area contributed by atoms with Crippen LogP contribution in [0.2, 0.25) is 0 Å². The number of thioether (sulfide) groups is 1. The highest BCUT2D eigenvalue weighted by atomic mass is 32.2. The Kier molecular flexibility index (Phi) is 4.01. The maximum atomic E-state index is 13.6. The summed E-state index contributed by atoms with van der Waals surface area (Å²) in [6.45, 7) is 1.97. The van der Waals surface area contributed by atoms with Crippen LogP contribution in [0.4, 0.5) is 0 Å². The van der Waals surface area contributed by atoms with E-state index in [4.69, 9.17) is 0 Å². The molecule has 0 aliphatic heterocycles. The Bertz CT molecular complexity index is 646. The van der Waals surface area contributed by atoms with E-state index in [9.17, 15) is 19.5 Å². The molecule has 0 aromatic heterocycles. The summed E-state index contributed by atoms with van der Waals surface area (Å²) in [4.78, 5) is 38.2. The largest absolute Gasteiger partial charge is 0.396 e. The highest BCUT2D eigenvalue weighted by Gasteiger charge is 2.72. The lowest BCUT2D eigenvalue weighted by Gasteiger charge is -2.65. The van der Waals surface area contributed by atoms with E-state index in [-0.39, 0.29) is 41.7 Å². The van der Waals surface area contributed by atoms with Gasteiger partial charge in [0.2, 0.25) is 0 Å². The zero-order valence-electron chi connectivity index (χ0n) is 15.2. The third-order valence-corrected chi connectivity index (χ3v) is 9.94. The van der Waals surface area contributed by atoms with E-state index in [0.717, 1.165) is 19.3 Å². The number of rotatable bonds is 2. The monoisotopic (exact) mass is 364 g/mol. The second-order valence-corrected chi connectivity index (χ2v) is 10.0. The number of fused-ring (bicyclic) bond motifs is 5. The number of aliphatic hydroxyl groups excluding tert-OH is 1. The van der Waals surface area contributed by atoms with Crippen LogP contribution in [-0.2, 0) is 14.4 Å². The van der Waals surface area contributed by atoms with E-state index in [2.05, 4.69) is 0 Å². The van der Waals surface area contributed by atoms with E-state index in [1.54, 1.807) is 11.8 Å². The predicted molar refractivity (Wildman–Crippen MR) is 96.3 cm³/mol. The first-order valence-electron chi connectivity index (χ1n) is 9.60. The van der Waals surface area contributed by atoms with Gasteiger partial charge in [0.15, 0.2) is 5.78 Å². The molecule has 0 bridgehead atoms. The molecule has 0 aromatic carbocycles. The number of ketones is 3. The van der Waals surface area contributed by atoms with Gasteiger partial charge >= 0.3 is 0 Å². The predicted octanol–water partition coefficient (Wildman–Crippen LogP) is 2.80. The van der Waals surface area contributed by atoms with Gasteiger partial charge in [-0.2, -0.15) is 0 Å². The van der Waals surface area contributed by atoms with Crippen LogP contribution in [0.1, 0.15) is 58.3 Å². The Morgan fingerprint density at radius 2 is 1.84 bits per heavy atom. The number of carbonyl (C=O) groups excluding carboxylic acids is 3. The minimum atomic E-state index is -0.625. The van der Waals surface area contributed by atoms with Gasteiger partial charge in [0.1, 0.15) is 11.6 Å². The van der Waals surface area contributed by atoms with Crippen molar-refractivity contribution in [2.75, 3.05) is 12.9 Å². The van der Waals surface area contributed by atoms with Crippen molar-refractivity contribution in [1.82, 2.24) is 0 Å². The number of aliphatic hydroxyl groups is 1. The van der Waals surface area contributed by atoms with Crippen LogP contribution in [-0.4, -0.2) is 40.1 Å². The SMILES string of the molecule is CS[C@]12C(=O)C[C@]3(C)C(=O)CC[C@H]3[C@@H]1CCC1CC(=O)CC[C@@]12CO. The third kappa shape index (κ3) is 1.97. The van der Waals surface area contributed by atoms with Crippen molar-refractivity contribution in [2.24, 2.45) is 28.6 Å². The normalized spacial score (nSPS) is 49.6. The third-order valence-electron chi connectivity index (χ3n) is 8.36. The zero-order chi connectivity index (χ0) is 18.0. The second kappa shape index (κ2) is 5.66. The van der Waals surface area contributed by atoms with Crippen LogP contribution in [0.5, 0.6) is 0 Å². The Hall–Kier alpha value is -0.680. The molecule has 1 unspecified atom stereocenters. The molecule has 4 aliphatic carbocycles. The fraction of sp³-hybridized carbons (Fsp3) is 0.850. The number of Topliss-reactive ketones (excluding diaryl/α,β-unsaturated/α-hetero) is 3. The molecular weight excluding hydrogens is 336 g/mol. The molecule has 4 aliphatic rings. The van der Waals surface area contributed by atoms with Crippen molar-refractivity contribution < 1.29 is 19.5 Å². The Morgan fingerprint density at radius 3 is 2.52 bits per heavy atom. The lowest BCUT2D eigenvalue weighted by molar-refractivity contribution is -0.161. The molecule has 4 nitrogen and oxygen atoms in total. The van der Waals surface area contributed by atoms with Crippen molar-refractivity contribution in [3.8, 4) is 0 Å². The molecule has 4 rings (SSSR count). The molecule has 6 atom stereocenters. The molecular formula is C20H28O4S. The number of carbonyl (C=O) groups is 3. The van der Waals surface area contributed by atoms with Crippen molar-refractivity contribution in [3.05, 3.63) is 0 Å². The number of hydrogen-bond donors (Lipinski definition) is 1. The zero-order valence-corrected chi connectivity index (χ0v) is 16.0. The van der Waals surface area contributed by atoms with E-state index in [0.29, 0.717) is 32.1 Å².